The fourth-order valence-corrected chi connectivity index (χ4v) is 6.56. The quantitative estimate of drug-likeness (QED) is 0.259. The van der Waals surface area contributed by atoms with E-state index in [1.165, 1.54) is 23.6 Å². The molecular weight excluding hydrogens is 600 g/mol. The maximum atomic E-state index is 14.5. The van der Waals surface area contributed by atoms with Crippen LogP contribution in [0.1, 0.15) is 45.5 Å². The molecule has 8 rings (SSSR count). The highest BCUT2D eigenvalue weighted by molar-refractivity contribution is 6.14. The number of ketones is 1. The van der Waals surface area contributed by atoms with Gasteiger partial charge in [-0.3, -0.25) is 24.1 Å². The number of carbonyl (C=O) groups excluding carboxylic acids is 1. The zero-order chi connectivity index (χ0) is 32.8. The van der Waals surface area contributed by atoms with Gasteiger partial charge in [-0.1, -0.05) is 24.3 Å². The van der Waals surface area contributed by atoms with Gasteiger partial charge in [0.05, 0.1) is 57.1 Å². The van der Waals surface area contributed by atoms with Crippen LogP contribution in [0.15, 0.2) is 82.2 Å². The van der Waals surface area contributed by atoms with Crippen LogP contribution in [0.25, 0.3) is 34.1 Å². The molecule has 1 atom stereocenters. The summed E-state index contributed by atoms with van der Waals surface area (Å²) in [6.45, 7) is 4.98. The smallest absolute Gasteiger partial charge is 0.330 e. The van der Waals surface area contributed by atoms with E-state index >= 15 is 0 Å². The lowest BCUT2D eigenvalue weighted by molar-refractivity contribution is 0.0905. The Morgan fingerprint density at radius 1 is 0.936 bits per heavy atom. The molecule has 0 saturated carbocycles. The van der Waals surface area contributed by atoms with Crippen LogP contribution in [0.3, 0.4) is 0 Å². The summed E-state index contributed by atoms with van der Waals surface area (Å²) in [5, 5.41) is 27.8. The van der Waals surface area contributed by atoms with Crippen LogP contribution in [0.5, 0.6) is 17.2 Å². The molecule has 1 unspecified atom stereocenters. The van der Waals surface area contributed by atoms with Crippen molar-refractivity contribution >= 4 is 22.9 Å². The first-order chi connectivity index (χ1) is 22.6. The lowest BCUT2D eigenvalue weighted by Gasteiger charge is -2.27. The van der Waals surface area contributed by atoms with Crippen molar-refractivity contribution in [3.05, 3.63) is 127 Å². The van der Waals surface area contributed by atoms with Crippen LogP contribution in [0.4, 0.5) is 0 Å². The van der Waals surface area contributed by atoms with E-state index < -0.39 is 16.7 Å². The standard InChI is InChI=1S/C35H26N6O6/c1-17-28(42)26(22-13-12-21-32(37-22)40(34(46)38-33(21)45)16-19-9-7-8-14-36-19)30-27(29(17)43)35(3)24(47-30)15-23-25(31(35)44)18(2)39-41(23)20-10-5-4-6-11-20/h4-15,42-43H,16H2,1-3H3,(H,38,45,46). The summed E-state index contributed by atoms with van der Waals surface area (Å²) >= 11 is 0. The zero-order valence-corrected chi connectivity index (χ0v) is 25.4. The number of allylic oxidation sites excluding steroid dienone is 1. The van der Waals surface area contributed by atoms with Crippen molar-refractivity contribution < 1.29 is 19.7 Å². The third-order valence-corrected chi connectivity index (χ3v) is 9.03. The Labute approximate surface area is 265 Å². The van der Waals surface area contributed by atoms with Crippen molar-refractivity contribution in [3.8, 4) is 34.2 Å². The number of phenols is 2. The number of pyridine rings is 2. The number of nitrogens with zero attached hydrogens (tertiary/aromatic N) is 5. The Balaban J connectivity index is 1.35. The number of Topliss-reactive ketones (excluding diaryl/α,β-unsaturated/α-hetero) is 1. The summed E-state index contributed by atoms with van der Waals surface area (Å²) in [6, 6.07) is 17.7. The number of ether oxygens (including phenoxy) is 1. The van der Waals surface area contributed by atoms with Crippen molar-refractivity contribution in [1.82, 2.24) is 29.3 Å². The number of nitrogens with one attached hydrogen (secondary N) is 1. The van der Waals surface area contributed by atoms with Crippen LogP contribution in [0, 0.1) is 13.8 Å². The number of phenolic OH excluding ortho intramolecular Hbond substituents is 2. The number of aromatic hydroxyl groups is 2. The van der Waals surface area contributed by atoms with E-state index in [0.717, 1.165) is 5.69 Å². The number of H-pyrrole nitrogens is 1. The fourth-order valence-electron chi connectivity index (χ4n) is 6.56. The monoisotopic (exact) mass is 626 g/mol. The van der Waals surface area contributed by atoms with Gasteiger partial charge in [-0.2, -0.15) is 5.10 Å². The van der Waals surface area contributed by atoms with Gasteiger partial charge in [0.15, 0.2) is 11.4 Å². The molecule has 47 heavy (non-hydrogen) atoms. The summed E-state index contributed by atoms with van der Waals surface area (Å²) in [7, 11) is 0. The second-order valence-electron chi connectivity index (χ2n) is 11.8. The van der Waals surface area contributed by atoms with Gasteiger partial charge in [-0.15, -0.1) is 0 Å². The molecule has 1 aliphatic carbocycles. The molecule has 12 nitrogen and oxygen atoms in total. The van der Waals surface area contributed by atoms with E-state index in [1.54, 1.807) is 49.0 Å². The molecule has 0 fully saturated rings. The molecule has 12 heteroatoms. The van der Waals surface area contributed by atoms with Crippen molar-refractivity contribution in [1.29, 1.82) is 0 Å². The Hall–Kier alpha value is -6.30. The van der Waals surface area contributed by atoms with E-state index in [0.29, 0.717) is 22.6 Å². The molecule has 232 valence electrons. The number of carbonyl (C=O) groups is 1. The number of aromatic nitrogens is 6. The van der Waals surface area contributed by atoms with E-state index in [1.807, 2.05) is 30.3 Å². The fraction of sp³-hybridized carbons (Fsp3) is 0.143. The van der Waals surface area contributed by atoms with Crippen molar-refractivity contribution in [2.45, 2.75) is 32.7 Å². The number of rotatable bonds is 4. The third-order valence-electron chi connectivity index (χ3n) is 9.03. The maximum absolute atomic E-state index is 14.5. The molecule has 0 bridgehead atoms. The van der Waals surface area contributed by atoms with Crippen LogP contribution in [0.2, 0.25) is 0 Å². The highest BCUT2D eigenvalue weighted by Gasteiger charge is 2.55. The van der Waals surface area contributed by atoms with Gasteiger partial charge in [0.1, 0.15) is 28.4 Å². The molecule has 4 aromatic heterocycles. The van der Waals surface area contributed by atoms with Gasteiger partial charge in [0, 0.05) is 17.8 Å². The Morgan fingerprint density at radius 2 is 1.70 bits per heavy atom. The molecule has 0 saturated heterocycles. The first-order valence-corrected chi connectivity index (χ1v) is 14.8. The zero-order valence-electron chi connectivity index (χ0n) is 25.4. The van der Waals surface area contributed by atoms with E-state index in [4.69, 9.17) is 9.72 Å². The highest BCUT2D eigenvalue weighted by atomic mass is 16.5. The Kier molecular flexibility index (Phi) is 5.91. The van der Waals surface area contributed by atoms with Crippen LogP contribution in [-0.2, 0) is 12.0 Å². The van der Waals surface area contributed by atoms with Gasteiger partial charge in [0.25, 0.3) is 5.56 Å². The number of hydrogen-bond donors (Lipinski definition) is 3. The Morgan fingerprint density at radius 3 is 2.45 bits per heavy atom. The molecule has 2 aliphatic rings. The van der Waals surface area contributed by atoms with Crippen molar-refractivity contribution in [2.75, 3.05) is 0 Å². The molecule has 5 heterocycles. The second-order valence-corrected chi connectivity index (χ2v) is 11.8. The van der Waals surface area contributed by atoms with Crippen LogP contribution in [-0.4, -0.2) is 45.3 Å². The van der Waals surface area contributed by atoms with Gasteiger partial charge in [-0.25, -0.2) is 14.5 Å². The van der Waals surface area contributed by atoms with Crippen LogP contribution < -0.4 is 16.0 Å². The first-order valence-electron chi connectivity index (χ1n) is 14.8. The highest BCUT2D eigenvalue weighted by Crippen LogP contribution is 2.60. The SMILES string of the molecule is Cc1nn(-c2ccccc2)c2c1C(=O)C1(C)C(=C2)Oc2c(-c3ccc4c(=O)[nH]c(=O)n(Cc5ccccn5)c4n3)c(O)c(C)c(O)c21. The largest absolute Gasteiger partial charge is 0.507 e. The third kappa shape index (κ3) is 3.87. The number of para-hydroxylation sites is 1. The summed E-state index contributed by atoms with van der Waals surface area (Å²) in [4.78, 5) is 51.6. The topological polar surface area (TPSA) is 165 Å². The summed E-state index contributed by atoms with van der Waals surface area (Å²) < 4.78 is 9.38. The minimum Gasteiger partial charge on any atom is -0.507 e. The number of hydrogen-bond acceptors (Lipinski definition) is 9. The van der Waals surface area contributed by atoms with E-state index in [9.17, 15) is 24.6 Å². The average Bonchev–Trinajstić information content (AvgIpc) is 3.56. The molecule has 0 amide bonds. The summed E-state index contributed by atoms with van der Waals surface area (Å²) in [5.74, 6) is -0.646. The average molecular weight is 627 g/mol. The number of aryl methyl sites for hydroxylation is 1. The van der Waals surface area contributed by atoms with E-state index in [2.05, 4.69) is 15.1 Å². The molecule has 2 aromatic carbocycles. The molecule has 3 N–H and O–H groups in total. The minimum absolute atomic E-state index is 0.0219. The van der Waals surface area contributed by atoms with Gasteiger partial charge in [0.2, 0.25) is 0 Å². The second kappa shape index (κ2) is 9.85. The Bertz CT molecular complexity index is 2480. The number of fused-ring (bicyclic) bond motifs is 5. The lowest BCUT2D eigenvalue weighted by Crippen LogP contribution is -2.36. The first kappa shape index (κ1) is 28.2. The van der Waals surface area contributed by atoms with Gasteiger partial charge < -0.3 is 14.9 Å². The molecule has 0 spiro atoms. The molecule has 6 aromatic rings. The summed E-state index contributed by atoms with van der Waals surface area (Å²) in [6.07, 6.45) is 3.33. The van der Waals surface area contributed by atoms with E-state index in [-0.39, 0.29) is 68.8 Å². The van der Waals surface area contributed by atoms with Crippen molar-refractivity contribution in [3.63, 3.8) is 0 Å². The predicted molar refractivity (Wildman–Crippen MR) is 172 cm³/mol. The summed E-state index contributed by atoms with van der Waals surface area (Å²) in [5.41, 5.74) is 0.608. The molecule has 1 aliphatic heterocycles. The van der Waals surface area contributed by atoms with Crippen LogP contribution >= 0.6 is 0 Å². The van der Waals surface area contributed by atoms with Crippen molar-refractivity contribution in [2.24, 2.45) is 0 Å². The van der Waals surface area contributed by atoms with Gasteiger partial charge in [-0.05, 0) is 57.2 Å². The minimum atomic E-state index is -1.45. The molecular formula is C35H26N6O6. The predicted octanol–water partition coefficient (Wildman–Crippen LogP) is 4.30. The number of benzene rings is 2. The normalized spacial score (nSPS) is 16.4. The lowest BCUT2D eigenvalue weighted by atomic mass is 9.71. The van der Waals surface area contributed by atoms with Gasteiger partial charge >= 0.3 is 5.69 Å². The number of aromatic amines is 1. The maximum Gasteiger partial charge on any atom is 0.330 e. The molecule has 0 radical (unpaired) electrons.